The molecule has 90 valence electrons. The third-order valence-corrected chi connectivity index (χ3v) is 2.45. The lowest BCUT2D eigenvalue weighted by Gasteiger charge is -2.13. The van der Waals surface area contributed by atoms with Crippen molar-refractivity contribution in [3.8, 4) is 0 Å². The Bertz CT molecular complexity index is 319. The number of nitrogens with two attached hydrogens (primary N) is 1. The standard InChI is InChI=1S/C12H20N2O2/c1-3-4-10(15)8-14-9-5-6-12(16-2)11(13)7-9/h6-7,10,15H,3-5,8,13H2,1-2H3. The fourth-order valence-electron chi connectivity index (χ4n) is 1.58. The van der Waals surface area contributed by atoms with Crippen molar-refractivity contribution in [1.82, 2.24) is 0 Å². The fraction of sp³-hybridized carbons (Fsp3) is 0.583. The van der Waals surface area contributed by atoms with E-state index in [2.05, 4.69) is 4.99 Å². The van der Waals surface area contributed by atoms with Crippen molar-refractivity contribution >= 4 is 5.71 Å². The molecule has 16 heavy (non-hydrogen) atoms. The highest BCUT2D eigenvalue weighted by Crippen LogP contribution is 2.13. The number of hydrogen-bond acceptors (Lipinski definition) is 4. The van der Waals surface area contributed by atoms with E-state index in [-0.39, 0.29) is 6.10 Å². The van der Waals surface area contributed by atoms with E-state index < -0.39 is 0 Å². The monoisotopic (exact) mass is 224 g/mol. The SMILES string of the molecule is CCCC(O)CN=C1C=C(N)C(OC)=CC1. The Hall–Kier alpha value is -1.29. The number of aliphatic imine (C=N–C) groups is 1. The predicted octanol–water partition coefficient (Wildman–Crippen LogP) is 1.36. The van der Waals surface area contributed by atoms with E-state index in [9.17, 15) is 5.11 Å². The highest BCUT2D eigenvalue weighted by molar-refractivity contribution is 5.98. The zero-order valence-electron chi connectivity index (χ0n) is 9.94. The van der Waals surface area contributed by atoms with Crippen LogP contribution in [0.1, 0.15) is 26.2 Å². The average Bonchev–Trinajstić information content (AvgIpc) is 2.27. The molecule has 0 heterocycles. The van der Waals surface area contributed by atoms with Crippen molar-refractivity contribution in [2.45, 2.75) is 32.3 Å². The second kappa shape index (κ2) is 6.33. The van der Waals surface area contributed by atoms with Crippen LogP contribution in [0.15, 0.2) is 28.6 Å². The first-order valence-electron chi connectivity index (χ1n) is 5.60. The highest BCUT2D eigenvalue weighted by atomic mass is 16.5. The van der Waals surface area contributed by atoms with E-state index in [0.29, 0.717) is 24.4 Å². The smallest absolute Gasteiger partial charge is 0.138 e. The summed E-state index contributed by atoms with van der Waals surface area (Å²) in [5.74, 6) is 0.702. The quantitative estimate of drug-likeness (QED) is 0.741. The second-order valence-electron chi connectivity index (χ2n) is 3.85. The molecule has 1 atom stereocenters. The number of aliphatic hydroxyl groups excluding tert-OH is 1. The Labute approximate surface area is 96.5 Å². The van der Waals surface area contributed by atoms with Gasteiger partial charge < -0.3 is 15.6 Å². The summed E-state index contributed by atoms with van der Waals surface area (Å²) >= 11 is 0. The Balaban J connectivity index is 2.52. The van der Waals surface area contributed by atoms with Crippen molar-refractivity contribution in [2.24, 2.45) is 10.7 Å². The van der Waals surface area contributed by atoms with Gasteiger partial charge in [0.15, 0.2) is 0 Å². The molecule has 1 aliphatic rings. The molecule has 0 fully saturated rings. The van der Waals surface area contributed by atoms with Crippen LogP contribution in [-0.4, -0.2) is 30.6 Å². The summed E-state index contributed by atoms with van der Waals surface area (Å²) in [6.07, 6.45) is 5.83. The first-order valence-corrected chi connectivity index (χ1v) is 5.60. The van der Waals surface area contributed by atoms with Crippen molar-refractivity contribution < 1.29 is 9.84 Å². The molecule has 0 aromatic heterocycles. The van der Waals surface area contributed by atoms with Gasteiger partial charge in [-0.3, -0.25) is 4.99 Å². The van der Waals surface area contributed by atoms with Crippen LogP contribution < -0.4 is 5.73 Å². The summed E-state index contributed by atoms with van der Waals surface area (Å²) in [5, 5.41) is 9.54. The number of aliphatic hydroxyl groups is 1. The lowest BCUT2D eigenvalue weighted by Crippen LogP contribution is -2.15. The Morgan fingerprint density at radius 2 is 2.38 bits per heavy atom. The lowest BCUT2D eigenvalue weighted by atomic mass is 10.1. The van der Waals surface area contributed by atoms with Crippen LogP contribution in [0.2, 0.25) is 0 Å². The summed E-state index contributed by atoms with van der Waals surface area (Å²) < 4.78 is 5.08. The van der Waals surface area contributed by atoms with Gasteiger partial charge in [0, 0.05) is 12.1 Å². The molecule has 0 aromatic carbocycles. The van der Waals surface area contributed by atoms with Crippen LogP contribution in [0, 0.1) is 0 Å². The van der Waals surface area contributed by atoms with Crippen LogP contribution in [-0.2, 0) is 4.74 Å². The number of allylic oxidation sites excluding steroid dienone is 2. The Morgan fingerprint density at radius 1 is 1.62 bits per heavy atom. The molecule has 0 bridgehead atoms. The first kappa shape index (κ1) is 12.8. The van der Waals surface area contributed by atoms with Crippen molar-refractivity contribution in [2.75, 3.05) is 13.7 Å². The van der Waals surface area contributed by atoms with E-state index >= 15 is 0 Å². The molecule has 0 amide bonds. The van der Waals surface area contributed by atoms with E-state index in [1.165, 1.54) is 0 Å². The zero-order valence-corrected chi connectivity index (χ0v) is 9.94. The van der Waals surface area contributed by atoms with Crippen molar-refractivity contribution in [3.63, 3.8) is 0 Å². The van der Waals surface area contributed by atoms with Gasteiger partial charge >= 0.3 is 0 Å². The molecule has 3 N–H and O–H groups in total. The van der Waals surface area contributed by atoms with E-state index in [4.69, 9.17) is 10.5 Å². The molecule has 0 aromatic rings. The number of ether oxygens (including phenoxy) is 1. The highest BCUT2D eigenvalue weighted by Gasteiger charge is 2.09. The fourth-order valence-corrected chi connectivity index (χ4v) is 1.58. The molecular formula is C12H20N2O2. The van der Waals surface area contributed by atoms with Gasteiger partial charge in [-0.2, -0.15) is 0 Å². The summed E-state index contributed by atoms with van der Waals surface area (Å²) in [6, 6.07) is 0. The minimum atomic E-state index is -0.347. The summed E-state index contributed by atoms with van der Waals surface area (Å²) in [6.45, 7) is 2.49. The van der Waals surface area contributed by atoms with Gasteiger partial charge in [-0.25, -0.2) is 0 Å². The molecule has 0 aliphatic heterocycles. The molecule has 1 aliphatic carbocycles. The van der Waals surface area contributed by atoms with Gasteiger partial charge in [-0.1, -0.05) is 13.3 Å². The maximum absolute atomic E-state index is 9.54. The maximum Gasteiger partial charge on any atom is 0.138 e. The van der Waals surface area contributed by atoms with Crippen LogP contribution >= 0.6 is 0 Å². The van der Waals surface area contributed by atoms with Crippen molar-refractivity contribution in [1.29, 1.82) is 0 Å². The number of methoxy groups -OCH3 is 1. The van der Waals surface area contributed by atoms with Gasteiger partial charge in [0.25, 0.3) is 0 Å². The number of hydrogen-bond donors (Lipinski definition) is 2. The summed E-state index contributed by atoms with van der Waals surface area (Å²) in [4.78, 5) is 4.33. The van der Waals surface area contributed by atoms with Gasteiger partial charge in [0.05, 0.1) is 25.5 Å². The van der Waals surface area contributed by atoms with Gasteiger partial charge in [0.1, 0.15) is 5.76 Å². The van der Waals surface area contributed by atoms with Crippen LogP contribution in [0.25, 0.3) is 0 Å². The van der Waals surface area contributed by atoms with Gasteiger partial charge in [-0.15, -0.1) is 0 Å². The van der Waals surface area contributed by atoms with Gasteiger partial charge in [0.2, 0.25) is 0 Å². The number of nitrogens with zero attached hydrogens (tertiary/aromatic N) is 1. The van der Waals surface area contributed by atoms with E-state index in [1.807, 2.05) is 13.0 Å². The zero-order chi connectivity index (χ0) is 12.0. The molecule has 0 saturated carbocycles. The molecule has 0 saturated heterocycles. The van der Waals surface area contributed by atoms with Crippen molar-refractivity contribution in [3.05, 3.63) is 23.6 Å². The van der Waals surface area contributed by atoms with E-state index in [0.717, 1.165) is 18.6 Å². The molecule has 1 unspecified atom stereocenters. The van der Waals surface area contributed by atoms with Crippen LogP contribution in [0.3, 0.4) is 0 Å². The lowest BCUT2D eigenvalue weighted by molar-refractivity contribution is 0.172. The minimum Gasteiger partial charge on any atom is -0.495 e. The molecule has 1 rings (SSSR count). The maximum atomic E-state index is 9.54. The molecular weight excluding hydrogens is 204 g/mol. The predicted molar refractivity (Wildman–Crippen MR) is 65.2 cm³/mol. The first-order chi connectivity index (χ1) is 7.67. The van der Waals surface area contributed by atoms with Gasteiger partial charge in [-0.05, 0) is 18.6 Å². The Kier molecular flexibility index (Phi) is 5.05. The minimum absolute atomic E-state index is 0.347. The van der Waals surface area contributed by atoms with E-state index in [1.54, 1.807) is 13.2 Å². The molecule has 4 nitrogen and oxygen atoms in total. The summed E-state index contributed by atoms with van der Waals surface area (Å²) in [7, 11) is 1.60. The topological polar surface area (TPSA) is 67.8 Å². The molecule has 0 radical (unpaired) electrons. The van der Waals surface area contributed by atoms with Crippen LogP contribution in [0.4, 0.5) is 0 Å². The third-order valence-electron chi connectivity index (χ3n) is 2.45. The van der Waals surface area contributed by atoms with Crippen LogP contribution in [0.5, 0.6) is 0 Å². The largest absolute Gasteiger partial charge is 0.495 e. The number of rotatable bonds is 5. The normalized spacial score (nSPS) is 20.3. The summed E-state index contributed by atoms with van der Waals surface area (Å²) in [5.41, 5.74) is 7.26. The Morgan fingerprint density at radius 3 is 2.94 bits per heavy atom. The molecule has 4 heteroatoms. The molecule has 0 spiro atoms. The average molecular weight is 224 g/mol. The third kappa shape index (κ3) is 3.70. The second-order valence-corrected chi connectivity index (χ2v) is 3.85.